The molecule has 8 N–H and O–H groups in total. The van der Waals surface area contributed by atoms with Crippen molar-refractivity contribution in [1.82, 2.24) is 16.0 Å². The zero-order valence-electron chi connectivity index (χ0n) is 32.9. The molecule has 4 bridgehead atoms. The van der Waals surface area contributed by atoms with Gasteiger partial charge in [0, 0.05) is 53.8 Å². The molecule has 8 rings (SSSR count). The molecule has 1 aromatic heterocycles. The Morgan fingerprint density at radius 1 is 1.19 bits per heavy atom. The molecule has 5 aliphatic rings. The highest BCUT2D eigenvalue weighted by molar-refractivity contribution is 5.92. The van der Waals surface area contributed by atoms with Crippen LogP contribution in [0.5, 0.6) is 17.2 Å². The normalized spacial score (nSPS) is 26.7. The molecule has 0 radical (unpaired) electrons. The van der Waals surface area contributed by atoms with Crippen molar-refractivity contribution in [1.29, 1.82) is 0 Å². The SMILES string of the molecule is CC=C(C)C(=O)OC1Cc2c3c(c4oc(CO)cc(=O)c4c2O)C2Cc4cc(O)ccc4CCC(CC(CC4=CNC(NCC)C=C4)C1(C)O3)C1=C(N)NCC=C12. The predicted molar refractivity (Wildman–Crippen MR) is 216 cm³/mol. The third-order valence-electron chi connectivity index (χ3n) is 12.8. The molecule has 6 unspecified atom stereocenters. The molecule has 300 valence electrons. The lowest BCUT2D eigenvalue weighted by atomic mass is 9.67. The molecule has 0 saturated heterocycles. The van der Waals surface area contributed by atoms with Crippen molar-refractivity contribution in [2.45, 2.75) is 96.6 Å². The monoisotopic (exact) mass is 776 g/mol. The van der Waals surface area contributed by atoms with Crippen LogP contribution in [0.3, 0.4) is 0 Å². The van der Waals surface area contributed by atoms with Crippen molar-refractivity contribution < 1.29 is 34.0 Å². The number of phenols is 2. The average Bonchev–Trinajstić information content (AvgIpc) is 3.25. The number of nitrogens with two attached hydrogens (primary N) is 1. The fraction of sp³-hybridized carbons (Fsp3) is 0.422. The number of aryl methyl sites for hydroxylation is 1. The topological polar surface area (TPSA) is 189 Å². The summed E-state index contributed by atoms with van der Waals surface area (Å²) in [6.07, 6.45) is 12.2. The molecular formula is C45H52N4O8. The number of likely N-dealkylation sites (N-methyl/N-ethyl adjacent to an activating group) is 1. The van der Waals surface area contributed by atoms with E-state index >= 15 is 0 Å². The maximum absolute atomic E-state index is 14.0. The number of hydrogen-bond donors (Lipinski definition) is 7. The minimum absolute atomic E-state index is 0.0114. The van der Waals surface area contributed by atoms with Crippen LogP contribution < -0.4 is 31.8 Å². The molecule has 57 heavy (non-hydrogen) atoms. The fourth-order valence-corrected chi connectivity index (χ4v) is 9.60. The first-order valence-electron chi connectivity index (χ1n) is 20.0. The number of ether oxygens (including phenoxy) is 2. The van der Waals surface area contributed by atoms with Crippen LogP contribution in [-0.2, 0) is 35.4 Å². The second kappa shape index (κ2) is 15.1. The summed E-state index contributed by atoms with van der Waals surface area (Å²) in [7, 11) is 0. The fourth-order valence-electron chi connectivity index (χ4n) is 9.60. The molecule has 2 aromatic carbocycles. The highest BCUT2D eigenvalue weighted by Gasteiger charge is 2.53. The lowest BCUT2D eigenvalue weighted by Gasteiger charge is -2.49. The minimum atomic E-state index is -1.17. The number of carbonyl (C=O) groups excluding carboxylic acids is 1. The summed E-state index contributed by atoms with van der Waals surface area (Å²) in [5.41, 5.74) is 11.7. The molecule has 0 spiro atoms. The number of benzene rings is 2. The van der Waals surface area contributed by atoms with Gasteiger partial charge in [0.25, 0.3) is 0 Å². The first-order chi connectivity index (χ1) is 27.4. The van der Waals surface area contributed by atoms with Gasteiger partial charge in [-0.15, -0.1) is 0 Å². The van der Waals surface area contributed by atoms with E-state index in [-0.39, 0.29) is 52.7 Å². The molecule has 12 nitrogen and oxygen atoms in total. The number of phenolic OH excluding ortho intramolecular Hbond substituents is 2. The molecule has 5 heterocycles. The number of aromatic hydroxyl groups is 2. The van der Waals surface area contributed by atoms with Gasteiger partial charge in [-0.3, -0.25) is 10.1 Å². The van der Waals surface area contributed by atoms with Crippen molar-refractivity contribution in [3.05, 3.63) is 121 Å². The maximum Gasteiger partial charge on any atom is 0.333 e. The van der Waals surface area contributed by atoms with E-state index in [4.69, 9.17) is 19.6 Å². The van der Waals surface area contributed by atoms with E-state index in [0.717, 1.165) is 40.8 Å². The van der Waals surface area contributed by atoms with Crippen molar-refractivity contribution in [2.75, 3.05) is 13.1 Å². The first kappa shape index (κ1) is 38.4. The summed E-state index contributed by atoms with van der Waals surface area (Å²) in [5.74, 6) is -0.638. The second-order valence-corrected chi connectivity index (χ2v) is 16.1. The Hall–Kier alpha value is -5.46. The second-order valence-electron chi connectivity index (χ2n) is 16.1. The third kappa shape index (κ3) is 6.78. The van der Waals surface area contributed by atoms with Gasteiger partial charge in [0.1, 0.15) is 58.1 Å². The lowest BCUT2D eigenvalue weighted by molar-refractivity contribution is -0.165. The van der Waals surface area contributed by atoms with Crippen LogP contribution in [0.2, 0.25) is 0 Å². The third-order valence-corrected chi connectivity index (χ3v) is 12.8. The zero-order valence-corrected chi connectivity index (χ0v) is 32.9. The number of fused-ring (bicyclic) bond motifs is 5. The molecular weight excluding hydrogens is 725 g/mol. The quantitative estimate of drug-likeness (QED) is 0.122. The van der Waals surface area contributed by atoms with E-state index in [2.05, 4.69) is 41.1 Å². The van der Waals surface area contributed by atoms with Crippen LogP contribution in [0.25, 0.3) is 11.0 Å². The number of hydrogen-bond acceptors (Lipinski definition) is 12. The number of dihydropyridines is 2. The van der Waals surface area contributed by atoms with Gasteiger partial charge in [-0.1, -0.05) is 31.2 Å². The summed E-state index contributed by atoms with van der Waals surface area (Å²) < 4.78 is 20.3. The number of rotatable bonds is 7. The van der Waals surface area contributed by atoms with Crippen LogP contribution in [0, 0.1) is 11.8 Å². The van der Waals surface area contributed by atoms with E-state index < -0.39 is 35.6 Å². The predicted octanol–water partition coefficient (Wildman–Crippen LogP) is 5.25. The molecule has 4 aliphatic heterocycles. The van der Waals surface area contributed by atoms with Crippen LogP contribution in [-0.4, -0.2) is 52.2 Å². The van der Waals surface area contributed by atoms with Gasteiger partial charge in [0.05, 0.1) is 6.17 Å². The molecule has 0 fully saturated rings. The van der Waals surface area contributed by atoms with Gasteiger partial charge >= 0.3 is 5.97 Å². The Morgan fingerprint density at radius 3 is 2.75 bits per heavy atom. The number of aliphatic hydroxyl groups is 1. The van der Waals surface area contributed by atoms with Crippen LogP contribution in [0.1, 0.15) is 80.9 Å². The number of nitrogens with one attached hydrogen (secondary N) is 3. The maximum atomic E-state index is 14.0. The van der Waals surface area contributed by atoms with Gasteiger partial charge in [-0.05, 0) is 111 Å². The van der Waals surface area contributed by atoms with E-state index in [1.807, 2.05) is 19.2 Å². The van der Waals surface area contributed by atoms with E-state index in [9.17, 15) is 24.9 Å². The smallest absolute Gasteiger partial charge is 0.333 e. The van der Waals surface area contributed by atoms with Crippen LogP contribution in [0.15, 0.2) is 92.1 Å². The Bertz CT molecular complexity index is 2350. The zero-order chi connectivity index (χ0) is 40.2. The summed E-state index contributed by atoms with van der Waals surface area (Å²) in [5, 5.41) is 43.5. The number of esters is 1. The van der Waals surface area contributed by atoms with Gasteiger partial charge in [0.15, 0.2) is 5.43 Å². The highest BCUT2D eigenvalue weighted by Crippen LogP contribution is 2.56. The minimum Gasteiger partial charge on any atom is -0.508 e. The van der Waals surface area contributed by atoms with Gasteiger partial charge in [0.2, 0.25) is 0 Å². The number of aliphatic hydroxyl groups excluding tert-OH is 1. The Balaban J connectivity index is 1.45. The molecule has 1 aliphatic carbocycles. The molecule has 0 amide bonds. The number of allylic oxidation sites excluding steroid dienone is 5. The van der Waals surface area contributed by atoms with Gasteiger partial charge < -0.3 is 45.6 Å². The van der Waals surface area contributed by atoms with Crippen LogP contribution >= 0.6 is 0 Å². The Labute approximate surface area is 331 Å². The van der Waals surface area contributed by atoms with E-state index in [1.165, 1.54) is 6.07 Å². The van der Waals surface area contributed by atoms with Crippen molar-refractivity contribution >= 4 is 16.9 Å². The Morgan fingerprint density at radius 2 is 2.02 bits per heavy atom. The first-order valence-corrected chi connectivity index (χ1v) is 20.0. The van der Waals surface area contributed by atoms with E-state index in [0.29, 0.717) is 60.5 Å². The molecule has 3 aromatic rings. The molecule has 0 saturated carbocycles. The lowest BCUT2D eigenvalue weighted by Crippen LogP contribution is -2.57. The largest absolute Gasteiger partial charge is 0.508 e. The summed E-state index contributed by atoms with van der Waals surface area (Å²) >= 11 is 0. The van der Waals surface area contributed by atoms with Gasteiger partial charge in [-0.25, -0.2) is 4.79 Å². The van der Waals surface area contributed by atoms with Crippen molar-refractivity contribution in [3.8, 4) is 17.2 Å². The summed E-state index contributed by atoms with van der Waals surface area (Å²) in [6.45, 7) is 8.26. The Kier molecular flexibility index (Phi) is 10.2. The van der Waals surface area contributed by atoms with Crippen molar-refractivity contribution in [3.63, 3.8) is 0 Å². The van der Waals surface area contributed by atoms with Gasteiger partial charge in [-0.2, -0.15) is 0 Å². The van der Waals surface area contributed by atoms with Crippen LogP contribution in [0.4, 0.5) is 0 Å². The molecule has 6 atom stereocenters. The standard InChI is InChI=1S/C45H52N4O8/c1-5-23(3)44(54)56-35-20-33-40(53)39-34(52)19-30(22-50)55-42(39)38-32-18-27-17-29(51)11-10-25(27)8-9-26(37-31(32)13-14-48-43(37)46)16-28(45(35,4)57-41(33)38)15-24-7-12-36(47-6-2)49-21-24/h5,7,10-13,17,19,21,26,28,32,35-36,47-51,53H,6,8-9,14-16,18,20,22,46H2,1-4H3. The number of carbonyl (C=O) groups is 1. The van der Waals surface area contributed by atoms with Crippen molar-refractivity contribution in [2.24, 2.45) is 17.6 Å². The summed E-state index contributed by atoms with van der Waals surface area (Å²) in [6, 6.07) is 6.67. The average molecular weight is 777 g/mol. The molecule has 12 heteroatoms. The summed E-state index contributed by atoms with van der Waals surface area (Å²) in [4.78, 5) is 27.7. The highest BCUT2D eigenvalue weighted by atomic mass is 16.6. The van der Waals surface area contributed by atoms with E-state index in [1.54, 1.807) is 32.1 Å².